The van der Waals surface area contributed by atoms with E-state index < -0.39 is 65.9 Å². The molecule has 0 aliphatic carbocycles. The Morgan fingerprint density at radius 2 is 1.43 bits per heavy atom. The fourth-order valence-corrected chi connectivity index (χ4v) is 3.32. The number of hydrogen-bond donors (Lipinski definition) is 2. The van der Waals surface area contributed by atoms with Crippen molar-refractivity contribution in [1.29, 1.82) is 0 Å². The number of rotatable bonds is 4. The Morgan fingerprint density at radius 3 is 2.00 bits per heavy atom. The lowest BCUT2D eigenvalue weighted by atomic mass is 10.0. The summed E-state index contributed by atoms with van der Waals surface area (Å²) in [7, 11) is -4.53. The summed E-state index contributed by atoms with van der Waals surface area (Å²) in [5.74, 6) is -15.9. The van der Waals surface area contributed by atoms with E-state index >= 15 is 0 Å². The van der Waals surface area contributed by atoms with Gasteiger partial charge in [-0.05, 0) is 29.1 Å². The molecule has 3 rings (SSSR count). The van der Waals surface area contributed by atoms with Crippen LogP contribution in [0, 0.1) is 34.9 Å². The topological polar surface area (TPSA) is 83.8 Å². The van der Waals surface area contributed by atoms with Crippen molar-refractivity contribution in [3.05, 3.63) is 76.4 Å². The van der Waals surface area contributed by atoms with E-state index in [1.807, 2.05) is 0 Å². The van der Waals surface area contributed by atoms with E-state index in [0.717, 1.165) is 30.3 Å². The van der Waals surface area contributed by atoms with Crippen LogP contribution in [0.15, 0.2) is 30.3 Å². The van der Waals surface area contributed by atoms with Crippen molar-refractivity contribution in [3.8, 4) is 5.75 Å². The van der Waals surface area contributed by atoms with Crippen molar-refractivity contribution in [2.24, 2.45) is 0 Å². The molecular weight excluding hydrogens is 441 g/mol. The fourth-order valence-electron chi connectivity index (χ4n) is 2.66. The summed E-state index contributed by atoms with van der Waals surface area (Å²) in [6.45, 7) is 0. The van der Waals surface area contributed by atoms with E-state index in [1.54, 1.807) is 0 Å². The fraction of sp³-hybridized carbons (Fsp3) is 0.0556. The molecule has 0 bridgehead atoms. The van der Waals surface area contributed by atoms with Crippen LogP contribution in [-0.2, 0) is 10.7 Å². The zero-order valence-corrected chi connectivity index (χ0v) is 15.3. The predicted molar refractivity (Wildman–Crippen MR) is 90.8 cm³/mol. The Bertz CT molecular complexity index is 1210. The second-order valence-corrected chi connectivity index (χ2v) is 7.77. The quantitative estimate of drug-likeness (QED) is 0.152. The van der Waals surface area contributed by atoms with Crippen LogP contribution in [0.4, 0.5) is 26.3 Å². The summed E-state index contributed by atoms with van der Waals surface area (Å²) < 4.78 is 96.4. The second kappa shape index (κ2) is 7.75. The second-order valence-electron chi connectivity index (χ2n) is 6.12. The van der Waals surface area contributed by atoms with Gasteiger partial charge in [0.1, 0.15) is 5.82 Å². The van der Waals surface area contributed by atoms with Gasteiger partial charge < -0.3 is 14.5 Å². The smallest absolute Gasteiger partial charge is 0.343 e. The third-order valence-corrected chi connectivity index (χ3v) is 4.73. The van der Waals surface area contributed by atoms with Crippen LogP contribution in [0.2, 0.25) is 0 Å². The van der Waals surface area contributed by atoms with Gasteiger partial charge in [0.2, 0.25) is 34.8 Å². The lowest BCUT2D eigenvalue weighted by molar-refractivity contribution is 0.0716. The van der Waals surface area contributed by atoms with Crippen molar-refractivity contribution >= 4 is 24.3 Å². The molecule has 158 valence electrons. The summed E-state index contributed by atoms with van der Waals surface area (Å²) in [6.07, 6.45) is -0.793. The maximum absolute atomic E-state index is 14.1. The average Bonchev–Trinajstić information content (AvgIpc) is 2.66. The minimum Gasteiger partial charge on any atom is -0.416 e. The van der Waals surface area contributed by atoms with Crippen LogP contribution >= 0.6 is 7.60 Å². The minimum atomic E-state index is -4.53. The molecule has 0 aliphatic heterocycles. The highest BCUT2D eigenvalue weighted by molar-refractivity contribution is 7.50. The summed E-state index contributed by atoms with van der Waals surface area (Å²) in [4.78, 5) is 30.2. The first-order chi connectivity index (χ1) is 13.9. The summed E-state index contributed by atoms with van der Waals surface area (Å²) in [5, 5.41) is -0.0810. The van der Waals surface area contributed by atoms with Gasteiger partial charge in [0.05, 0.1) is 11.7 Å². The van der Waals surface area contributed by atoms with Gasteiger partial charge in [-0.25, -0.2) is 22.4 Å². The van der Waals surface area contributed by atoms with E-state index in [4.69, 9.17) is 9.79 Å². The Labute approximate surface area is 163 Å². The zero-order valence-electron chi connectivity index (χ0n) is 14.4. The molecule has 0 aromatic heterocycles. The Balaban J connectivity index is 2.01. The highest BCUT2D eigenvalue weighted by atomic mass is 31.2. The van der Waals surface area contributed by atoms with Crippen LogP contribution in [0.3, 0.4) is 0 Å². The third-order valence-electron chi connectivity index (χ3n) is 3.95. The van der Waals surface area contributed by atoms with E-state index in [1.165, 1.54) is 0 Å². The standard InChI is InChI=1S/C18H9F6O5P/c19-11-4-7(6-30(26,27)28)3-9-5-8(1-2-10(9)11)18(25)29-17-15(23)13(21)12(20)14(22)16(17)24/h1-5H,6H2,(H2,26,27,28). The predicted octanol–water partition coefficient (Wildman–Crippen LogP) is 4.57. The molecule has 0 saturated carbocycles. The van der Waals surface area contributed by atoms with E-state index in [0.29, 0.717) is 0 Å². The Hall–Kier alpha value is -2.88. The number of hydrogen-bond acceptors (Lipinski definition) is 3. The molecule has 0 spiro atoms. The van der Waals surface area contributed by atoms with Crippen molar-refractivity contribution in [3.63, 3.8) is 0 Å². The maximum Gasteiger partial charge on any atom is 0.343 e. The highest BCUT2D eigenvalue weighted by Gasteiger charge is 2.29. The molecule has 30 heavy (non-hydrogen) atoms. The van der Waals surface area contributed by atoms with Crippen LogP contribution in [0.25, 0.3) is 10.8 Å². The number of ether oxygens (including phenoxy) is 1. The monoisotopic (exact) mass is 450 g/mol. The molecular formula is C18H9F6O5P. The summed E-state index contributed by atoms with van der Waals surface area (Å²) in [6, 6.07) is 5.06. The van der Waals surface area contributed by atoms with E-state index in [-0.39, 0.29) is 16.3 Å². The summed E-state index contributed by atoms with van der Waals surface area (Å²) >= 11 is 0. The molecule has 3 aromatic carbocycles. The molecule has 0 atom stereocenters. The summed E-state index contributed by atoms with van der Waals surface area (Å²) in [5.41, 5.74) is -0.544. The molecule has 0 radical (unpaired) electrons. The van der Waals surface area contributed by atoms with Gasteiger partial charge >= 0.3 is 13.6 Å². The molecule has 0 heterocycles. The van der Waals surface area contributed by atoms with E-state index in [9.17, 15) is 35.7 Å². The van der Waals surface area contributed by atoms with Crippen LogP contribution in [-0.4, -0.2) is 15.8 Å². The molecule has 3 aromatic rings. The number of fused-ring (bicyclic) bond motifs is 1. The molecule has 0 saturated heterocycles. The molecule has 5 nitrogen and oxygen atoms in total. The van der Waals surface area contributed by atoms with Gasteiger partial charge in [0.25, 0.3) is 0 Å². The molecule has 0 fully saturated rings. The number of halogens is 6. The number of benzene rings is 3. The SMILES string of the molecule is O=C(Oc1c(F)c(F)c(F)c(F)c1F)c1ccc2c(F)cc(CP(=O)(O)O)cc2c1. The number of carbonyl (C=O) groups is 1. The normalized spacial score (nSPS) is 11.7. The van der Waals surface area contributed by atoms with Crippen molar-refractivity contribution in [1.82, 2.24) is 0 Å². The van der Waals surface area contributed by atoms with E-state index in [2.05, 4.69) is 4.74 Å². The lowest BCUT2D eigenvalue weighted by Gasteiger charge is -2.10. The average molecular weight is 450 g/mol. The van der Waals surface area contributed by atoms with Crippen molar-refractivity contribution < 1.29 is 50.2 Å². The highest BCUT2D eigenvalue weighted by Crippen LogP contribution is 2.40. The molecule has 12 heteroatoms. The van der Waals surface area contributed by atoms with Crippen molar-refractivity contribution in [2.45, 2.75) is 6.16 Å². The maximum atomic E-state index is 14.1. The zero-order chi connectivity index (χ0) is 22.4. The first-order valence-corrected chi connectivity index (χ1v) is 9.69. The molecule has 0 aliphatic rings. The molecule has 0 amide bonds. The van der Waals surface area contributed by atoms with Crippen molar-refractivity contribution in [2.75, 3.05) is 0 Å². The van der Waals surface area contributed by atoms with Crippen LogP contribution in [0.5, 0.6) is 5.75 Å². The van der Waals surface area contributed by atoms with Crippen LogP contribution < -0.4 is 4.74 Å². The lowest BCUT2D eigenvalue weighted by Crippen LogP contribution is -2.13. The van der Waals surface area contributed by atoms with Gasteiger partial charge in [0, 0.05) is 5.39 Å². The Kier molecular flexibility index (Phi) is 5.64. The van der Waals surface area contributed by atoms with Crippen LogP contribution in [0.1, 0.15) is 15.9 Å². The van der Waals surface area contributed by atoms with Gasteiger partial charge in [0.15, 0.2) is 0 Å². The van der Waals surface area contributed by atoms with Gasteiger partial charge in [-0.1, -0.05) is 12.1 Å². The molecule has 0 unspecified atom stereocenters. The third kappa shape index (κ3) is 4.18. The first-order valence-electron chi connectivity index (χ1n) is 7.89. The van der Waals surface area contributed by atoms with Gasteiger partial charge in [-0.15, -0.1) is 0 Å². The Morgan fingerprint density at radius 1 is 0.867 bits per heavy atom. The number of carbonyl (C=O) groups excluding carboxylic acids is 1. The van der Waals surface area contributed by atoms with Gasteiger partial charge in [-0.2, -0.15) is 8.78 Å². The minimum absolute atomic E-state index is 0.0229. The molecule has 2 N–H and O–H groups in total. The van der Waals surface area contributed by atoms with Gasteiger partial charge in [-0.3, -0.25) is 4.57 Å². The first kappa shape index (κ1) is 21.8. The number of esters is 1. The largest absolute Gasteiger partial charge is 0.416 e.